The number of benzene rings is 2. The van der Waals surface area contributed by atoms with E-state index < -0.39 is 24.5 Å². The summed E-state index contributed by atoms with van der Waals surface area (Å²) in [4.78, 5) is 38.6. The lowest BCUT2D eigenvalue weighted by Gasteiger charge is -2.40. The summed E-state index contributed by atoms with van der Waals surface area (Å²) in [5.41, 5.74) is 5.64. The fraction of sp³-hybridized carbons (Fsp3) is 0.267. The summed E-state index contributed by atoms with van der Waals surface area (Å²) in [6, 6.07) is 10.0. The summed E-state index contributed by atoms with van der Waals surface area (Å²) < 4.78 is 45.5. The summed E-state index contributed by atoms with van der Waals surface area (Å²) >= 11 is 0. The number of piperazine rings is 1. The Kier molecular flexibility index (Phi) is 7.49. The van der Waals surface area contributed by atoms with Gasteiger partial charge in [-0.2, -0.15) is 4.98 Å². The van der Waals surface area contributed by atoms with Crippen molar-refractivity contribution in [2.24, 2.45) is 0 Å². The minimum atomic E-state index is -2.93. The molecule has 1 fully saturated rings. The number of hydrogen-bond donors (Lipinski definition) is 1. The van der Waals surface area contributed by atoms with Crippen molar-refractivity contribution in [2.45, 2.75) is 19.9 Å². The molecule has 1 atom stereocenters. The molecule has 0 saturated carbocycles. The summed E-state index contributed by atoms with van der Waals surface area (Å²) in [6.45, 7) is 11.3. The van der Waals surface area contributed by atoms with Gasteiger partial charge in [-0.15, -0.1) is 0 Å². The van der Waals surface area contributed by atoms with Gasteiger partial charge in [0.05, 0.1) is 16.6 Å². The summed E-state index contributed by atoms with van der Waals surface area (Å²) in [5.74, 6) is -1.67. The molecule has 0 radical (unpaired) electrons. The molecule has 2 aromatic carbocycles. The number of aromatic nitrogens is 3. The molecule has 1 aliphatic rings. The molecule has 5 rings (SSSR count). The third kappa shape index (κ3) is 4.98. The van der Waals surface area contributed by atoms with E-state index in [2.05, 4.69) is 16.5 Å². The zero-order valence-electron chi connectivity index (χ0n) is 23.8. The van der Waals surface area contributed by atoms with Gasteiger partial charge in [-0.1, -0.05) is 24.8 Å². The first kappa shape index (κ1) is 29.1. The van der Waals surface area contributed by atoms with Crippen LogP contribution in [0.15, 0.2) is 59.9 Å². The number of carbonyl (C=O) groups is 1. The third-order valence-corrected chi connectivity index (χ3v) is 9.01. The number of fused-ring (bicyclic) bond motifs is 1. The fourth-order valence-electron chi connectivity index (χ4n) is 5.46. The highest BCUT2D eigenvalue weighted by molar-refractivity contribution is 7.70. The SMILES string of the molecule is C=CC(=O)N1CCN(c2nc(=O)n(-c3c(C)cccc3P(C)(C)=O)c3nc(-c4c(N)cccc4F)c(F)cc23)[C@@H](C)C1. The Labute approximate surface area is 241 Å². The molecule has 12 heteroatoms. The number of rotatable bonds is 5. The van der Waals surface area contributed by atoms with Crippen molar-refractivity contribution in [2.75, 3.05) is 43.6 Å². The van der Waals surface area contributed by atoms with E-state index in [0.717, 1.165) is 6.07 Å². The number of aryl methyl sites for hydroxylation is 1. The number of nitrogens with zero attached hydrogens (tertiary/aromatic N) is 5. The predicted octanol–water partition coefficient (Wildman–Crippen LogP) is 4.09. The standard InChI is InChI=1S/C30H31F2N6O3P/c1-6-24(39)36-13-14-37(18(3)16-36)28-19-15-21(32)26(25-20(31)10-8-11-22(25)33)34-29(19)38(30(40)35-28)27-17(2)9-7-12-23(27)42(4,5)41/h6-12,15,18H,1,13-14,16,33H2,2-5H3/t18-/m0/s1. The monoisotopic (exact) mass is 592 g/mol. The van der Waals surface area contributed by atoms with Gasteiger partial charge in [0.25, 0.3) is 0 Å². The molecular formula is C30H31F2N6O3P. The highest BCUT2D eigenvalue weighted by atomic mass is 31.2. The van der Waals surface area contributed by atoms with Crippen LogP contribution in [0, 0.1) is 18.6 Å². The molecule has 0 unspecified atom stereocenters. The fourth-order valence-corrected chi connectivity index (χ4v) is 6.69. The molecule has 2 aromatic heterocycles. The lowest BCUT2D eigenvalue weighted by Crippen LogP contribution is -2.54. The molecule has 0 aliphatic carbocycles. The van der Waals surface area contributed by atoms with Crippen LogP contribution >= 0.6 is 7.14 Å². The van der Waals surface area contributed by atoms with Crippen LogP contribution in [0.1, 0.15) is 12.5 Å². The number of halogens is 2. The van der Waals surface area contributed by atoms with Crippen LogP contribution in [0.4, 0.5) is 20.3 Å². The first-order chi connectivity index (χ1) is 19.8. The average molecular weight is 593 g/mol. The Morgan fingerprint density at radius 2 is 1.83 bits per heavy atom. The van der Waals surface area contributed by atoms with Crippen LogP contribution in [-0.2, 0) is 9.36 Å². The van der Waals surface area contributed by atoms with E-state index in [1.165, 1.54) is 28.8 Å². The molecule has 1 saturated heterocycles. The van der Waals surface area contributed by atoms with Crippen molar-refractivity contribution in [1.29, 1.82) is 0 Å². The van der Waals surface area contributed by atoms with Crippen LogP contribution in [0.3, 0.4) is 0 Å². The van der Waals surface area contributed by atoms with Gasteiger partial charge in [0.1, 0.15) is 24.5 Å². The number of nitrogens with two attached hydrogens (primary N) is 1. The van der Waals surface area contributed by atoms with Crippen molar-refractivity contribution < 1.29 is 18.1 Å². The van der Waals surface area contributed by atoms with E-state index in [1.54, 1.807) is 43.4 Å². The van der Waals surface area contributed by atoms with Crippen molar-refractivity contribution >= 4 is 40.9 Å². The zero-order chi connectivity index (χ0) is 30.5. The highest BCUT2D eigenvalue weighted by Crippen LogP contribution is 2.39. The second-order valence-electron chi connectivity index (χ2n) is 10.8. The Balaban J connectivity index is 1.86. The minimum absolute atomic E-state index is 0.00449. The Morgan fingerprint density at radius 3 is 2.48 bits per heavy atom. The first-order valence-corrected chi connectivity index (χ1v) is 15.9. The number of pyridine rings is 1. The third-order valence-electron chi connectivity index (χ3n) is 7.49. The summed E-state index contributed by atoms with van der Waals surface area (Å²) in [6.07, 6.45) is 1.24. The van der Waals surface area contributed by atoms with Gasteiger partial charge >= 0.3 is 5.69 Å². The van der Waals surface area contributed by atoms with Crippen LogP contribution < -0.4 is 21.6 Å². The largest absolute Gasteiger partial charge is 0.398 e. The number of para-hydroxylation sites is 1. The number of hydrogen-bond acceptors (Lipinski definition) is 7. The van der Waals surface area contributed by atoms with E-state index in [0.29, 0.717) is 36.2 Å². The summed E-state index contributed by atoms with van der Waals surface area (Å²) in [5, 5.41) is 0.612. The van der Waals surface area contributed by atoms with E-state index in [1.807, 2.05) is 11.8 Å². The van der Waals surface area contributed by atoms with Crippen LogP contribution in [0.5, 0.6) is 0 Å². The van der Waals surface area contributed by atoms with Gasteiger partial charge in [-0.3, -0.25) is 4.79 Å². The van der Waals surface area contributed by atoms with Gasteiger partial charge in [-0.05, 0) is 63.1 Å². The van der Waals surface area contributed by atoms with Gasteiger partial charge in [0.15, 0.2) is 11.5 Å². The average Bonchev–Trinajstić information content (AvgIpc) is 2.92. The van der Waals surface area contributed by atoms with Gasteiger partial charge in [-0.25, -0.2) is 23.1 Å². The maximum Gasteiger partial charge on any atom is 0.355 e. The molecule has 0 spiro atoms. The van der Waals surface area contributed by atoms with Gasteiger partial charge < -0.3 is 20.1 Å². The van der Waals surface area contributed by atoms with Crippen molar-refractivity contribution in [3.63, 3.8) is 0 Å². The minimum Gasteiger partial charge on any atom is -0.398 e. The van der Waals surface area contributed by atoms with Gasteiger partial charge in [0, 0.05) is 36.7 Å². The Bertz CT molecular complexity index is 1850. The summed E-state index contributed by atoms with van der Waals surface area (Å²) in [7, 11) is -2.93. The van der Waals surface area contributed by atoms with Crippen molar-refractivity contribution in [1.82, 2.24) is 19.4 Å². The molecule has 2 N–H and O–H groups in total. The Morgan fingerprint density at radius 1 is 1.12 bits per heavy atom. The Hall–Kier alpha value is -4.37. The molecule has 218 valence electrons. The molecule has 42 heavy (non-hydrogen) atoms. The molecule has 1 amide bonds. The molecule has 1 aliphatic heterocycles. The smallest absolute Gasteiger partial charge is 0.355 e. The first-order valence-electron chi connectivity index (χ1n) is 13.3. The molecule has 9 nitrogen and oxygen atoms in total. The predicted molar refractivity (Wildman–Crippen MR) is 162 cm³/mol. The maximum atomic E-state index is 15.9. The van der Waals surface area contributed by atoms with Crippen molar-refractivity contribution in [3.8, 4) is 16.9 Å². The van der Waals surface area contributed by atoms with Crippen molar-refractivity contribution in [3.05, 3.63) is 82.8 Å². The lowest BCUT2D eigenvalue weighted by atomic mass is 10.1. The number of anilines is 2. The van der Waals surface area contributed by atoms with E-state index in [4.69, 9.17) is 5.73 Å². The number of amides is 1. The zero-order valence-corrected chi connectivity index (χ0v) is 24.7. The van der Waals surface area contributed by atoms with Gasteiger partial charge in [0.2, 0.25) is 5.91 Å². The second kappa shape index (κ2) is 10.8. The van der Waals surface area contributed by atoms with E-state index in [9.17, 15) is 14.2 Å². The molecule has 0 bridgehead atoms. The topological polar surface area (TPSA) is 114 Å². The second-order valence-corrected chi connectivity index (χ2v) is 14.0. The molecular weight excluding hydrogens is 561 g/mol. The molecule has 3 heterocycles. The molecule has 4 aromatic rings. The number of nitrogen functional groups attached to an aromatic ring is 1. The maximum absolute atomic E-state index is 15.9. The van der Waals surface area contributed by atoms with E-state index >= 15 is 8.78 Å². The quantitative estimate of drug-likeness (QED) is 0.211. The van der Waals surface area contributed by atoms with Crippen LogP contribution in [0.2, 0.25) is 0 Å². The van der Waals surface area contributed by atoms with Crippen LogP contribution in [0.25, 0.3) is 28.0 Å². The van der Waals surface area contributed by atoms with E-state index in [-0.39, 0.29) is 45.7 Å². The normalized spacial score (nSPS) is 15.7. The lowest BCUT2D eigenvalue weighted by molar-refractivity contribution is -0.126. The number of carbonyl (C=O) groups excluding carboxylic acids is 1. The highest BCUT2D eigenvalue weighted by Gasteiger charge is 2.31. The van der Waals surface area contributed by atoms with Crippen LogP contribution in [-0.4, -0.2) is 64.3 Å².